The van der Waals surface area contributed by atoms with Crippen molar-refractivity contribution in [3.05, 3.63) is 24.3 Å². The molecule has 0 heterocycles. The Morgan fingerprint density at radius 1 is 0.396 bits per heavy atom. The normalized spacial score (nSPS) is 12.1. The van der Waals surface area contributed by atoms with Crippen LogP contribution in [0.1, 0.15) is 207 Å². The van der Waals surface area contributed by atoms with Crippen LogP contribution in [0.5, 0.6) is 0 Å². The first kappa shape index (κ1) is 45.9. The lowest BCUT2D eigenvalue weighted by Gasteiger charge is -2.18. The summed E-state index contributed by atoms with van der Waals surface area (Å²) in [5, 5.41) is 0. The summed E-state index contributed by atoms with van der Waals surface area (Å²) in [4.78, 5) is 37.4. The van der Waals surface area contributed by atoms with Gasteiger partial charge in [-0.1, -0.05) is 154 Å². The average molecular weight is 677 g/mol. The highest BCUT2D eigenvalue weighted by Crippen LogP contribution is 2.13. The van der Waals surface area contributed by atoms with Gasteiger partial charge in [-0.3, -0.25) is 14.4 Å². The van der Waals surface area contributed by atoms with Crippen LogP contribution in [0.25, 0.3) is 0 Å². The molecule has 0 spiro atoms. The SMILES string of the molecule is CCCC/C=C\CCCCCCCC(=O)OCC(COC(=O)CCC/C=C\CCCCCC)OC(=O)CCCCCCCCCCCC. The van der Waals surface area contributed by atoms with Crippen LogP contribution >= 0.6 is 0 Å². The number of hydrogen-bond donors (Lipinski definition) is 0. The van der Waals surface area contributed by atoms with Crippen molar-refractivity contribution in [2.24, 2.45) is 0 Å². The molecule has 0 aliphatic heterocycles. The lowest BCUT2D eigenvalue weighted by atomic mass is 10.1. The van der Waals surface area contributed by atoms with Gasteiger partial charge in [0.1, 0.15) is 13.2 Å². The molecule has 0 bridgehead atoms. The Bertz CT molecular complexity index is 789. The third-order valence-corrected chi connectivity index (χ3v) is 8.68. The molecule has 0 amide bonds. The molecule has 280 valence electrons. The highest BCUT2D eigenvalue weighted by molar-refractivity contribution is 5.71. The molecule has 0 saturated carbocycles. The van der Waals surface area contributed by atoms with E-state index in [4.69, 9.17) is 14.2 Å². The summed E-state index contributed by atoms with van der Waals surface area (Å²) >= 11 is 0. The fourth-order valence-electron chi connectivity index (χ4n) is 5.54. The molecule has 0 saturated heterocycles. The number of ether oxygens (including phenoxy) is 3. The van der Waals surface area contributed by atoms with Gasteiger partial charge in [0, 0.05) is 19.3 Å². The minimum Gasteiger partial charge on any atom is -0.462 e. The Morgan fingerprint density at radius 2 is 0.729 bits per heavy atom. The van der Waals surface area contributed by atoms with Crippen molar-refractivity contribution in [2.45, 2.75) is 213 Å². The summed E-state index contributed by atoms with van der Waals surface area (Å²) in [6.07, 6.45) is 38.8. The Balaban J connectivity index is 4.40. The second-order valence-electron chi connectivity index (χ2n) is 13.5. The van der Waals surface area contributed by atoms with Crippen LogP contribution in [0.4, 0.5) is 0 Å². The average Bonchev–Trinajstić information content (AvgIpc) is 3.08. The van der Waals surface area contributed by atoms with E-state index in [1.54, 1.807) is 0 Å². The summed E-state index contributed by atoms with van der Waals surface area (Å²) in [5.74, 6) is -0.932. The summed E-state index contributed by atoms with van der Waals surface area (Å²) in [5.41, 5.74) is 0. The number of hydrogen-bond acceptors (Lipinski definition) is 6. The van der Waals surface area contributed by atoms with Crippen molar-refractivity contribution in [1.29, 1.82) is 0 Å². The predicted molar refractivity (Wildman–Crippen MR) is 201 cm³/mol. The molecule has 0 radical (unpaired) electrons. The highest BCUT2D eigenvalue weighted by atomic mass is 16.6. The number of carbonyl (C=O) groups is 3. The van der Waals surface area contributed by atoms with Crippen LogP contribution in [0.3, 0.4) is 0 Å². The molecule has 0 aromatic carbocycles. The number of esters is 3. The molecule has 0 fully saturated rings. The minimum atomic E-state index is -0.776. The molecular weight excluding hydrogens is 600 g/mol. The van der Waals surface area contributed by atoms with Crippen molar-refractivity contribution in [1.82, 2.24) is 0 Å². The van der Waals surface area contributed by atoms with Gasteiger partial charge in [0.25, 0.3) is 0 Å². The van der Waals surface area contributed by atoms with Crippen molar-refractivity contribution >= 4 is 17.9 Å². The van der Waals surface area contributed by atoms with Gasteiger partial charge in [0.05, 0.1) is 0 Å². The first-order chi connectivity index (χ1) is 23.5. The van der Waals surface area contributed by atoms with Crippen molar-refractivity contribution in [2.75, 3.05) is 13.2 Å². The van der Waals surface area contributed by atoms with Crippen LogP contribution in [-0.2, 0) is 28.6 Å². The zero-order valence-electron chi connectivity index (χ0n) is 31.8. The quantitative estimate of drug-likeness (QED) is 0.0284. The number of unbranched alkanes of at least 4 members (excludes halogenated alkanes) is 21. The van der Waals surface area contributed by atoms with E-state index >= 15 is 0 Å². The van der Waals surface area contributed by atoms with Gasteiger partial charge in [-0.2, -0.15) is 0 Å². The summed E-state index contributed by atoms with van der Waals surface area (Å²) < 4.78 is 16.6. The molecule has 0 aliphatic rings. The topological polar surface area (TPSA) is 78.9 Å². The minimum absolute atomic E-state index is 0.0823. The van der Waals surface area contributed by atoms with Crippen LogP contribution in [0.2, 0.25) is 0 Å². The van der Waals surface area contributed by atoms with Crippen LogP contribution in [0, 0.1) is 0 Å². The molecule has 0 aromatic rings. The fraction of sp³-hybridized carbons (Fsp3) is 0.833. The first-order valence-corrected chi connectivity index (χ1v) is 20.3. The zero-order chi connectivity index (χ0) is 35.2. The second kappa shape index (κ2) is 37.7. The lowest BCUT2D eigenvalue weighted by molar-refractivity contribution is -0.167. The van der Waals surface area contributed by atoms with Crippen LogP contribution < -0.4 is 0 Å². The Labute approximate surface area is 296 Å². The van der Waals surface area contributed by atoms with E-state index in [1.165, 1.54) is 103 Å². The molecule has 6 nitrogen and oxygen atoms in total. The first-order valence-electron chi connectivity index (χ1n) is 20.3. The standard InChI is InChI=1S/C42H76O6/c1-4-7-10-13-16-19-21-24-26-29-32-35-41(44)47-38-39(37-46-40(43)34-31-28-25-22-18-15-12-9-6-3)48-42(45)36-33-30-27-23-20-17-14-11-8-5-2/h13,16,22,25,39H,4-12,14-15,17-21,23-24,26-38H2,1-3H3/b16-13-,25-22-. The Kier molecular flexibility index (Phi) is 36.0. The fourth-order valence-corrected chi connectivity index (χ4v) is 5.54. The van der Waals surface area contributed by atoms with Gasteiger partial charge >= 0.3 is 17.9 Å². The van der Waals surface area contributed by atoms with E-state index in [0.717, 1.165) is 64.2 Å². The van der Waals surface area contributed by atoms with Gasteiger partial charge in [-0.15, -0.1) is 0 Å². The third-order valence-electron chi connectivity index (χ3n) is 8.68. The van der Waals surface area contributed by atoms with E-state index in [2.05, 4.69) is 45.1 Å². The van der Waals surface area contributed by atoms with E-state index < -0.39 is 6.10 Å². The maximum Gasteiger partial charge on any atom is 0.306 e. The maximum atomic E-state index is 12.6. The summed E-state index contributed by atoms with van der Waals surface area (Å²) in [6, 6.07) is 0. The molecule has 48 heavy (non-hydrogen) atoms. The van der Waals surface area contributed by atoms with Gasteiger partial charge in [0.15, 0.2) is 6.10 Å². The predicted octanol–water partition coefficient (Wildman–Crippen LogP) is 12.5. The van der Waals surface area contributed by atoms with Gasteiger partial charge in [0.2, 0.25) is 0 Å². The number of allylic oxidation sites excluding steroid dienone is 4. The van der Waals surface area contributed by atoms with E-state index in [9.17, 15) is 14.4 Å². The van der Waals surface area contributed by atoms with Gasteiger partial charge < -0.3 is 14.2 Å². The highest BCUT2D eigenvalue weighted by Gasteiger charge is 2.19. The molecule has 1 unspecified atom stereocenters. The molecule has 1 atom stereocenters. The molecule has 0 aromatic heterocycles. The Hall–Kier alpha value is -2.11. The van der Waals surface area contributed by atoms with Crippen LogP contribution in [0.15, 0.2) is 24.3 Å². The van der Waals surface area contributed by atoms with Gasteiger partial charge in [-0.05, 0) is 57.8 Å². The van der Waals surface area contributed by atoms with Gasteiger partial charge in [-0.25, -0.2) is 0 Å². The lowest BCUT2D eigenvalue weighted by Crippen LogP contribution is -2.30. The molecule has 6 heteroatoms. The summed E-state index contributed by atoms with van der Waals surface area (Å²) in [6.45, 7) is 6.50. The smallest absolute Gasteiger partial charge is 0.306 e. The summed E-state index contributed by atoms with van der Waals surface area (Å²) in [7, 11) is 0. The molecule has 0 N–H and O–H groups in total. The third kappa shape index (κ3) is 35.2. The van der Waals surface area contributed by atoms with Crippen LogP contribution in [-0.4, -0.2) is 37.2 Å². The largest absolute Gasteiger partial charge is 0.462 e. The molecule has 0 aliphatic carbocycles. The van der Waals surface area contributed by atoms with Crippen molar-refractivity contribution in [3.8, 4) is 0 Å². The second-order valence-corrected chi connectivity index (χ2v) is 13.5. The zero-order valence-corrected chi connectivity index (χ0v) is 31.8. The number of rotatable bonds is 36. The monoisotopic (exact) mass is 677 g/mol. The molecule has 0 rings (SSSR count). The van der Waals surface area contributed by atoms with Crippen molar-refractivity contribution < 1.29 is 28.6 Å². The van der Waals surface area contributed by atoms with E-state index in [-0.39, 0.29) is 31.1 Å². The Morgan fingerprint density at radius 3 is 1.21 bits per heavy atom. The maximum absolute atomic E-state index is 12.6. The molecular formula is C42H76O6. The van der Waals surface area contributed by atoms with E-state index in [1.807, 2.05) is 0 Å². The van der Waals surface area contributed by atoms with Crippen molar-refractivity contribution in [3.63, 3.8) is 0 Å². The number of carbonyl (C=O) groups excluding carboxylic acids is 3. The van der Waals surface area contributed by atoms with E-state index in [0.29, 0.717) is 19.3 Å².